The largest absolute Gasteiger partial charge is 0.481 e. The Labute approximate surface area is 111 Å². The van der Waals surface area contributed by atoms with Crippen LogP contribution in [0.15, 0.2) is 24.3 Å². The molecule has 1 aliphatic heterocycles. The van der Waals surface area contributed by atoms with Crippen LogP contribution in [0.2, 0.25) is 5.02 Å². The van der Waals surface area contributed by atoms with Crippen molar-refractivity contribution in [3.05, 3.63) is 34.9 Å². The molecule has 18 heavy (non-hydrogen) atoms. The number of rotatable bonds is 4. The van der Waals surface area contributed by atoms with Gasteiger partial charge in [0.25, 0.3) is 0 Å². The molecule has 1 aromatic rings. The summed E-state index contributed by atoms with van der Waals surface area (Å²) in [5.41, 5.74) is 0.751. The summed E-state index contributed by atoms with van der Waals surface area (Å²) < 4.78 is 5.26. The average molecular weight is 270 g/mol. The van der Waals surface area contributed by atoms with Crippen molar-refractivity contribution in [2.24, 2.45) is 0 Å². The summed E-state index contributed by atoms with van der Waals surface area (Å²) >= 11 is 5.91. The Morgan fingerprint density at radius 2 is 2.17 bits per heavy atom. The van der Waals surface area contributed by atoms with Gasteiger partial charge in [0, 0.05) is 24.7 Å². The number of morpholine rings is 1. The average Bonchev–Trinajstić information content (AvgIpc) is 2.37. The van der Waals surface area contributed by atoms with Crippen molar-refractivity contribution in [1.29, 1.82) is 0 Å². The molecule has 1 saturated heterocycles. The van der Waals surface area contributed by atoms with Gasteiger partial charge in [-0.25, -0.2) is 0 Å². The highest BCUT2D eigenvalue weighted by Crippen LogP contribution is 2.21. The second-order valence-electron chi connectivity index (χ2n) is 4.36. The summed E-state index contributed by atoms with van der Waals surface area (Å²) in [6, 6.07) is 7.07. The van der Waals surface area contributed by atoms with Gasteiger partial charge in [-0.2, -0.15) is 0 Å². The fourth-order valence-electron chi connectivity index (χ4n) is 2.09. The molecule has 1 N–H and O–H groups in total. The molecule has 1 atom stereocenters. The summed E-state index contributed by atoms with van der Waals surface area (Å²) in [5, 5.41) is 9.92. The standard InChI is InChI=1S/C13H16ClNO3/c14-11-3-1-2-10(8-11)12(13(16)17)9-15-4-6-18-7-5-15/h1-3,8,12H,4-7,9H2,(H,16,17). The molecule has 2 rings (SSSR count). The Hall–Kier alpha value is -1.10. The zero-order chi connectivity index (χ0) is 13.0. The van der Waals surface area contributed by atoms with Crippen molar-refractivity contribution in [3.63, 3.8) is 0 Å². The summed E-state index contributed by atoms with van der Waals surface area (Å²) in [5.74, 6) is -1.36. The van der Waals surface area contributed by atoms with E-state index in [0.29, 0.717) is 24.8 Å². The van der Waals surface area contributed by atoms with Crippen LogP contribution in [0.5, 0.6) is 0 Å². The van der Waals surface area contributed by atoms with Gasteiger partial charge >= 0.3 is 5.97 Å². The van der Waals surface area contributed by atoms with Gasteiger partial charge in [-0.1, -0.05) is 23.7 Å². The highest BCUT2D eigenvalue weighted by atomic mass is 35.5. The van der Waals surface area contributed by atoms with Crippen molar-refractivity contribution >= 4 is 17.6 Å². The fourth-order valence-corrected chi connectivity index (χ4v) is 2.29. The van der Waals surface area contributed by atoms with E-state index < -0.39 is 11.9 Å². The van der Waals surface area contributed by atoms with Gasteiger partial charge < -0.3 is 9.84 Å². The molecule has 5 heteroatoms. The van der Waals surface area contributed by atoms with Crippen LogP contribution in [0.3, 0.4) is 0 Å². The minimum absolute atomic E-state index is 0.499. The van der Waals surface area contributed by atoms with Gasteiger partial charge in [-0.3, -0.25) is 9.69 Å². The van der Waals surface area contributed by atoms with Crippen molar-refractivity contribution in [3.8, 4) is 0 Å². The molecule has 0 aromatic heterocycles. The molecule has 0 saturated carbocycles. The third-order valence-corrected chi connectivity index (χ3v) is 3.33. The molecule has 0 spiro atoms. The predicted octanol–water partition coefficient (Wildman–Crippen LogP) is 1.84. The Morgan fingerprint density at radius 1 is 1.44 bits per heavy atom. The van der Waals surface area contributed by atoms with E-state index in [2.05, 4.69) is 4.90 Å². The quantitative estimate of drug-likeness (QED) is 0.906. The summed E-state index contributed by atoms with van der Waals surface area (Å²) in [6.45, 7) is 3.40. The van der Waals surface area contributed by atoms with E-state index in [1.807, 2.05) is 6.07 Å². The smallest absolute Gasteiger partial charge is 0.312 e. The van der Waals surface area contributed by atoms with Crippen LogP contribution < -0.4 is 0 Å². The molecule has 0 amide bonds. The number of carbonyl (C=O) groups is 1. The molecular formula is C13H16ClNO3. The number of nitrogens with zero attached hydrogens (tertiary/aromatic N) is 1. The first-order chi connectivity index (χ1) is 8.66. The minimum Gasteiger partial charge on any atom is -0.481 e. The van der Waals surface area contributed by atoms with Crippen LogP contribution in [0.1, 0.15) is 11.5 Å². The van der Waals surface area contributed by atoms with Gasteiger partial charge in [0.1, 0.15) is 0 Å². The van der Waals surface area contributed by atoms with Gasteiger partial charge in [0.2, 0.25) is 0 Å². The number of benzene rings is 1. The molecule has 0 aliphatic carbocycles. The molecule has 1 fully saturated rings. The third kappa shape index (κ3) is 3.45. The molecule has 1 heterocycles. The Morgan fingerprint density at radius 3 is 2.78 bits per heavy atom. The molecule has 1 unspecified atom stereocenters. The fraction of sp³-hybridized carbons (Fsp3) is 0.462. The first kappa shape index (κ1) is 13.3. The van der Waals surface area contributed by atoms with Gasteiger partial charge in [-0.05, 0) is 17.7 Å². The molecule has 4 nitrogen and oxygen atoms in total. The van der Waals surface area contributed by atoms with E-state index in [4.69, 9.17) is 16.3 Å². The number of hydrogen-bond donors (Lipinski definition) is 1. The first-order valence-corrected chi connectivity index (χ1v) is 6.33. The Kier molecular flexibility index (Phi) is 4.58. The SMILES string of the molecule is O=C(O)C(CN1CCOCC1)c1cccc(Cl)c1. The van der Waals surface area contributed by atoms with E-state index in [-0.39, 0.29) is 0 Å². The summed E-state index contributed by atoms with van der Waals surface area (Å²) in [6.07, 6.45) is 0. The van der Waals surface area contributed by atoms with E-state index in [0.717, 1.165) is 18.7 Å². The lowest BCUT2D eigenvalue weighted by Gasteiger charge is -2.29. The number of carboxylic acids is 1. The molecular weight excluding hydrogens is 254 g/mol. The lowest BCUT2D eigenvalue weighted by Crippen LogP contribution is -2.40. The number of ether oxygens (including phenoxy) is 1. The number of aliphatic carboxylic acids is 1. The maximum atomic E-state index is 11.4. The van der Waals surface area contributed by atoms with E-state index >= 15 is 0 Å². The molecule has 0 radical (unpaired) electrons. The normalized spacial score (nSPS) is 18.5. The van der Waals surface area contributed by atoms with Crippen LogP contribution in [0, 0.1) is 0 Å². The highest BCUT2D eigenvalue weighted by Gasteiger charge is 2.24. The second-order valence-corrected chi connectivity index (χ2v) is 4.80. The summed E-state index contributed by atoms with van der Waals surface area (Å²) in [4.78, 5) is 13.5. The molecule has 1 aromatic carbocycles. The predicted molar refractivity (Wildman–Crippen MR) is 69.1 cm³/mol. The van der Waals surface area contributed by atoms with E-state index in [1.165, 1.54) is 0 Å². The highest BCUT2D eigenvalue weighted by molar-refractivity contribution is 6.30. The van der Waals surface area contributed by atoms with Gasteiger partial charge in [0.15, 0.2) is 0 Å². The molecule has 1 aliphatic rings. The van der Waals surface area contributed by atoms with Crippen molar-refractivity contribution < 1.29 is 14.6 Å². The van der Waals surface area contributed by atoms with Crippen molar-refractivity contribution in [2.45, 2.75) is 5.92 Å². The van der Waals surface area contributed by atoms with Gasteiger partial charge in [0.05, 0.1) is 19.1 Å². The number of halogens is 1. The zero-order valence-electron chi connectivity index (χ0n) is 10.0. The zero-order valence-corrected chi connectivity index (χ0v) is 10.8. The number of carboxylic acid groups (broad SMARTS) is 1. The monoisotopic (exact) mass is 269 g/mol. The molecule has 0 bridgehead atoms. The Balaban J connectivity index is 2.10. The van der Waals surface area contributed by atoms with Crippen LogP contribution in [0.4, 0.5) is 0 Å². The third-order valence-electron chi connectivity index (χ3n) is 3.09. The second kappa shape index (κ2) is 6.18. The van der Waals surface area contributed by atoms with Crippen LogP contribution >= 0.6 is 11.6 Å². The number of hydrogen-bond acceptors (Lipinski definition) is 3. The minimum atomic E-state index is -0.816. The van der Waals surface area contributed by atoms with Crippen LogP contribution in [-0.2, 0) is 9.53 Å². The lowest BCUT2D eigenvalue weighted by molar-refractivity contribution is -0.139. The molecule has 98 valence electrons. The Bertz CT molecular complexity index is 418. The van der Waals surface area contributed by atoms with Gasteiger partial charge in [-0.15, -0.1) is 0 Å². The maximum Gasteiger partial charge on any atom is 0.312 e. The van der Waals surface area contributed by atoms with E-state index in [9.17, 15) is 9.90 Å². The first-order valence-electron chi connectivity index (χ1n) is 5.95. The van der Waals surface area contributed by atoms with E-state index in [1.54, 1.807) is 18.2 Å². The summed E-state index contributed by atoms with van der Waals surface area (Å²) in [7, 11) is 0. The van der Waals surface area contributed by atoms with Crippen molar-refractivity contribution in [1.82, 2.24) is 4.90 Å². The van der Waals surface area contributed by atoms with Crippen molar-refractivity contribution in [2.75, 3.05) is 32.8 Å². The van der Waals surface area contributed by atoms with Crippen LogP contribution in [-0.4, -0.2) is 48.8 Å². The van der Waals surface area contributed by atoms with Crippen LogP contribution in [0.25, 0.3) is 0 Å². The lowest BCUT2D eigenvalue weighted by atomic mass is 9.98. The topological polar surface area (TPSA) is 49.8 Å². The maximum absolute atomic E-state index is 11.4.